The first-order valence-corrected chi connectivity index (χ1v) is 5.27. The standard InChI is InChI=1S/C10H10BrClO2/c1-6(13)10(12)8-5-7(14-2)3-4-9(8)11/h3-5,10H,1-2H3. The van der Waals surface area contributed by atoms with Crippen molar-refractivity contribution in [2.75, 3.05) is 7.11 Å². The second-order valence-corrected chi connectivity index (χ2v) is 4.15. The summed E-state index contributed by atoms with van der Waals surface area (Å²) < 4.78 is 5.86. The van der Waals surface area contributed by atoms with Crippen LogP contribution in [0.15, 0.2) is 22.7 Å². The first-order valence-electron chi connectivity index (χ1n) is 4.04. The number of carbonyl (C=O) groups is 1. The van der Waals surface area contributed by atoms with Gasteiger partial charge in [0, 0.05) is 4.47 Å². The van der Waals surface area contributed by atoms with Gasteiger partial charge >= 0.3 is 0 Å². The Morgan fingerprint density at radius 1 is 1.57 bits per heavy atom. The van der Waals surface area contributed by atoms with Gasteiger partial charge in [-0.15, -0.1) is 11.6 Å². The Balaban J connectivity index is 3.11. The highest BCUT2D eigenvalue weighted by atomic mass is 79.9. The monoisotopic (exact) mass is 276 g/mol. The molecule has 1 aromatic carbocycles. The number of ether oxygens (including phenoxy) is 1. The molecule has 4 heteroatoms. The number of Topliss-reactive ketones (excluding diaryl/α,β-unsaturated/α-hetero) is 1. The number of alkyl halides is 1. The molecule has 1 unspecified atom stereocenters. The van der Waals surface area contributed by atoms with Gasteiger partial charge in [0.05, 0.1) is 7.11 Å². The van der Waals surface area contributed by atoms with Gasteiger partial charge < -0.3 is 4.74 Å². The highest BCUT2D eigenvalue weighted by Gasteiger charge is 2.16. The predicted octanol–water partition coefficient (Wildman–Crippen LogP) is 3.33. The largest absolute Gasteiger partial charge is 0.497 e. The topological polar surface area (TPSA) is 26.3 Å². The fourth-order valence-corrected chi connectivity index (χ4v) is 1.85. The van der Waals surface area contributed by atoms with E-state index in [0.29, 0.717) is 5.75 Å². The van der Waals surface area contributed by atoms with Crippen molar-refractivity contribution in [3.05, 3.63) is 28.2 Å². The summed E-state index contributed by atoms with van der Waals surface area (Å²) in [6.07, 6.45) is 0. The summed E-state index contributed by atoms with van der Waals surface area (Å²) >= 11 is 9.28. The summed E-state index contributed by atoms with van der Waals surface area (Å²) in [5, 5.41) is -0.625. The van der Waals surface area contributed by atoms with E-state index in [1.165, 1.54) is 6.92 Å². The molecule has 0 aliphatic heterocycles. The predicted molar refractivity (Wildman–Crippen MR) is 60.0 cm³/mol. The SMILES string of the molecule is COc1ccc(Br)c(C(Cl)C(C)=O)c1. The van der Waals surface area contributed by atoms with Crippen LogP contribution >= 0.6 is 27.5 Å². The fraction of sp³-hybridized carbons (Fsp3) is 0.300. The van der Waals surface area contributed by atoms with E-state index in [1.807, 2.05) is 6.07 Å². The number of rotatable bonds is 3. The molecule has 0 radical (unpaired) electrons. The van der Waals surface area contributed by atoms with E-state index >= 15 is 0 Å². The van der Waals surface area contributed by atoms with E-state index in [-0.39, 0.29) is 5.78 Å². The molecule has 0 spiro atoms. The van der Waals surface area contributed by atoms with Gasteiger partial charge in [0.15, 0.2) is 5.78 Å². The third kappa shape index (κ3) is 2.49. The van der Waals surface area contributed by atoms with Crippen LogP contribution in [-0.2, 0) is 4.79 Å². The van der Waals surface area contributed by atoms with Gasteiger partial charge in [0.1, 0.15) is 11.1 Å². The van der Waals surface area contributed by atoms with Crippen LogP contribution in [0.25, 0.3) is 0 Å². The average molecular weight is 278 g/mol. The van der Waals surface area contributed by atoms with Crippen molar-refractivity contribution in [3.8, 4) is 5.75 Å². The second kappa shape index (κ2) is 4.80. The van der Waals surface area contributed by atoms with E-state index in [0.717, 1.165) is 10.0 Å². The molecule has 0 aromatic heterocycles. The molecule has 0 saturated heterocycles. The molecule has 0 bridgehead atoms. The summed E-state index contributed by atoms with van der Waals surface area (Å²) in [6.45, 7) is 1.46. The summed E-state index contributed by atoms with van der Waals surface area (Å²) in [7, 11) is 1.57. The van der Waals surface area contributed by atoms with E-state index in [4.69, 9.17) is 16.3 Å². The lowest BCUT2D eigenvalue weighted by Gasteiger charge is -2.10. The third-order valence-electron chi connectivity index (χ3n) is 1.83. The van der Waals surface area contributed by atoms with Gasteiger partial charge in [0.25, 0.3) is 0 Å². The average Bonchev–Trinajstić information content (AvgIpc) is 2.17. The molecule has 14 heavy (non-hydrogen) atoms. The maximum absolute atomic E-state index is 11.1. The van der Waals surface area contributed by atoms with Crippen molar-refractivity contribution >= 4 is 33.3 Å². The lowest BCUT2D eigenvalue weighted by molar-refractivity contribution is -0.116. The highest BCUT2D eigenvalue weighted by Crippen LogP contribution is 2.31. The number of hydrogen-bond acceptors (Lipinski definition) is 2. The molecule has 1 rings (SSSR count). The van der Waals surface area contributed by atoms with E-state index in [9.17, 15) is 4.79 Å². The van der Waals surface area contributed by atoms with Crippen molar-refractivity contribution in [1.29, 1.82) is 0 Å². The van der Waals surface area contributed by atoms with E-state index in [1.54, 1.807) is 19.2 Å². The Labute approximate surface area is 96.3 Å². The van der Waals surface area contributed by atoms with Gasteiger partial charge in [-0.3, -0.25) is 4.79 Å². The maximum atomic E-state index is 11.1. The molecule has 0 heterocycles. The molecule has 0 amide bonds. The van der Waals surface area contributed by atoms with Crippen molar-refractivity contribution < 1.29 is 9.53 Å². The van der Waals surface area contributed by atoms with Crippen molar-refractivity contribution in [2.24, 2.45) is 0 Å². The molecule has 0 fully saturated rings. The summed E-state index contributed by atoms with van der Waals surface area (Å²) in [6, 6.07) is 5.37. The van der Waals surface area contributed by atoms with Crippen LogP contribution in [0.3, 0.4) is 0 Å². The quantitative estimate of drug-likeness (QED) is 0.792. The number of ketones is 1. The summed E-state index contributed by atoms with van der Waals surface area (Å²) in [4.78, 5) is 11.1. The van der Waals surface area contributed by atoms with Crippen LogP contribution in [0.4, 0.5) is 0 Å². The number of carbonyl (C=O) groups excluding carboxylic acids is 1. The fourth-order valence-electron chi connectivity index (χ4n) is 1.06. The van der Waals surface area contributed by atoms with Gasteiger partial charge in [0.2, 0.25) is 0 Å². The molecule has 0 N–H and O–H groups in total. The van der Waals surface area contributed by atoms with Crippen molar-refractivity contribution in [2.45, 2.75) is 12.3 Å². The van der Waals surface area contributed by atoms with Crippen LogP contribution in [0.2, 0.25) is 0 Å². The number of hydrogen-bond donors (Lipinski definition) is 0. The lowest BCUT2D eigenvalue weighted by Crippen LogP contribution is -2.02. The maximum Gasteiger partial charge on any atom is 0.152 e. The van der Waals surface area contributed by atoms with Gasteiger partial charge in [-0.2, -0.15) is 0 Å². The smallest absolute Gasteiger partial charge is 0.152 e. The van der Waals surface area contributed by atoms with E-state index < -0.39 is 5.38 Å². The molecule has 1 aromatic rings. The summed E-state index contributed by atoms with van der Waals surface area (Å²) in [5.41, 5.74) is 0.735. The highest BCUT2D eigenvalue weighted by molar-refractivity contribution is 9.10. The van der Waals surface area contributed by atoms with Crippen LogP contribution in [0.5, 0.6) is 5.75 Å². The van der Waals surface area contributed by atoms with Crippen LogP contribution < -0.4 is 4.74 Å². The van der Waals surface area contributed by atoms with Crippen molar-refractivity contribution in [1.82, 2.24) is 0 Å². The molecular formula is C10H10BrClO2. The molecule has 0 aliphatic rings. The van der Waals surface area contributed by atoms with Gasteiger partial charge in [-0.1, -0.05) is 15.9 Å². The number of halogens is 2. The van der Waals surface area contributed by atoms with Crippen LogP contribution in [0, 0.1) is 0 Å². The van der Waals surface area contributed by atoms with E-state index in [2.05, 4.69) is 15.9 Å². The summed E-state index contributed by atoms with van der Waals surface area (Å²) in [5.74, 6) is 0.607. The minimum atomic E-state index is -0.625. The second-order valence-electron chi connectivity index (χ2n) is 2.86. The molecule has 76 valence electrons. The molecular weight excluding hydrogens is 267 g/mol. The molecule has 2 nitrogen and oxygen atoms in total. The molecule has 0 aliphatic carbocycles. The third-order valence-corrected chi connectivity index (χ3v) is 3.10. The Morgan fingerprint density at radius 2 is 2.21 bits per heavy atom. The Kier molecular flexibility index (Phi) is 3.96. The first kappa shape index (κ1) is 11.5. The Hall–Kier alpha value is -0.540. The zero-order valence-electron chi connectivity index (χ0n) is 7.88. The molecule has 1 atom stereocenters. The first-order chi connectivity index (χ1) is 6.56. The lowest BCUT2D eigenvalue weighted by atomic mass is 10.1. The minimum absolute atomic E-state index is 0.0828. The van der Waals surface area contributed by atoms with Crippen LogP contribution in [0.1, 0.15) is 17.9 Å². The van der Waals surface area contributed by atoms with Crippen LogP contribution in [-0.4, -0.2) is 12.9 Å². The Morgan fingerprint density at radius 3 is 2.71 bits per heavy atom. The zero-order chi connectivity index (χ0) is 10.7. The van der Waals surface area contributed by atoms with Gasteiger partial charge in [-0.25, -0.2) is 0 Å². The minimum Gasteiger partial charge on any atom is -0.497 e. The van der Waals surface area contributed by atoms with Crippen molar-refractivity contribution in [3.63, 3.8) is 0 Å². The molecule has 0 saturated carbocycles. The number of methoxy groups -OCH3 is 1. The van der Waals surface area contributed by atoms with Gasteiger partial charge in [-0.05, 0) is 30.7 Å². The number of benzene rings is 1. The normalized spacial score (nSPS) is 12.3. The zero-order valence-corrected chi connectivity index (χ0v) is 10.2. The Bertz CT molecular complexity index is 352.